The lowest BCUT2D eigenvalue weighted by Crippen LogP contribution is -2.38. The van der Waals surface area contributed by atoms with Crippen molar-refractivity contribution in [1.29, 1.82) is 0 Å². The number of fused-ring (bicyclic) bond motifs is 1. The molecule has 0 bridgehead atoms. The van der Waals surface area contributed by atoms with Gasteiger partial charge in [-0.3, -0.25) is 0 Å². The van der Waals surface area contributed by atoms with E-state index in [0.29, 0.717) is 25.4 Å². The van der Waals surface area contributed by atoms with Crippen LogP contribution in [0.4, 0.5) is 10.1 Å². The molecule has 1 atom stereocenters. The zero-order valence-corrected chi connectivity index (χ0v) is 24.6. The number of sulfonamides is 1. The van der Waals surface area contributed by atoms with Gasteiger partial charge in [-0.2, -0.15) is 4.31 Å². The van der Waals surface area contributed by atoms with Crippen molar-refractivity contribution < 1.29 is 17.2 Å². The Bertz CT molecular complexity index is 1600. The van der Waals surface area contributed by atoms with Crippen LogP contribution in [0.2, 0.25) is 0 Å². The van der Waals surface area contributed by atoms with E-state index in [9.17, 15) is 12.8 Å². The molecular weight excluding hydrogens is 545 g/mol. The Morgan fingerprint density at radius 3 is 2.60 bits per heavy atom. The number of furan rings is 1. The zero-order valence-electron chi connectivity index (χ0n) is 22.9. The first-order valence-electron chi connectivity index (χ1n) is 13.3. The highest BCUT2D eigenvalue weighted by Crippen LogP contribution is 2.42. The molecule has 0 amide bonds. The topological polar surface area (TPSA) is 65.8 Å². The minimum Gasteiger partial charge on any atom is -0.456 e. The molecule has 0 aliphatic carbocycles. The van der Waals surface area contributed by atoms with Gasteiger partial charge in [0.05, 0.1) is 5.69 Å². The zero-order chi connectivity index (χ0) is 28.3. The summed E-state index contributed by atoms with van der Waals surface area (Å²) in [6.45, 7) is 1.48. The number of hydrogen-bond donors (Lipinski definition) is 1. The number of halogens is 1. The highest BCUT2D eigenvalue weighted by atomic mass is 32.2. The summed E-state index contributed by atoms with van der Waals surface area (Å²) in [7, 11) is 0.312. The average molecular weight is 580 g/mol. The van der Waals surface area contributed by atoms with Gasteiger partial charge in [-0.05, 0) is 73.3 Å². The SMILES string of the molecule is CNCc1c(-c2ccc(F)cc2)oc2cc(N(C)SC)c(C3CCCN(S(=O)(=O)C=Cc4ccccc4)C3)cc12. The van der Waals surface area contributed by atoms with Crippen molar-refractivity contribution >= 4 is 44.7 Å². The molecule has 1 aliphatic heterocycles. The lowest BCUT2D eigenvalue weighted by Gasteiger charge is -2.33. The van der Waals surface area contributed by atoms with Crippen LogP contribution >= 0.6 is 11.9 Å². The summed E-state index contributed by atoms with van der Waals surface area (Å²) in [4.78, 5) is 0. The third-order valence-electron chi connectivity index (χ3n) is 7.43. The predicted octanol–water partition coefficient (Wildman–Crippen LogP) is 6.85. The van der Waals surface area contributed by atoms with Gasteiger partial charge in [-0.1, -0.05) is 42.3 Å². The Morgan fingerprint density at radius 2 is 1.90 bits per heavy atom. The van der Waals surface area contributed by atoms with Crippen LogP contribution < -0.4 is 9.62 Å². The third-order valence-corrected chi connectivity index (χ3v) is 9.70. The predicted molar refractivity (Wildman–Crippen MR) is 164 cm³/mol. The van der Waals surface area contributed by atoms with Crippen LogP contribution in [0.3, 0.4) is 0 Å². The van der Waals surface area contributed by atoms with Crippen LogP contribution in [0.25, 0.3) is 28.4 Å². The van der Waals surface area contributed by atoms with Gasteiger partial charge in [0.2, 0.25) is 10.0 Å². The van der Waals surface area contributed by atoms with Crippen LogP contribution in [0.5, 0.6) is 0 Å². The van der Waals surface area contributed by atoms with E-state index < -0.39 is 10.0 Å². The minimum atomic E-state index is -3.58. The van der Waals surface area contributed by atoms with Crippen LogP contribution in [0.15, 0.2) is 76.6 Å². The Balaban J connectivity index is 1.54. The summed E-state index contributed by atoms with van der Waals surface area (Å²) < 4.78 is 50.4. The van der Waals surface area contributed by atoms with Crippen molar-refractivity contribution in [2.75, 3.05) is 37.7 Å². The normalized spacial score (nSPS) is 16.6. The second kappa shape index (κ2) is 12.2. The summed E-state index contributed by atoms with van der Waals surface area (Å²) in [6, 6.07) is 20.0. The first-order chi connectivity index (χ1) is 19.3. The van der Waals surface area contributed by atoms with E-state index >= 15 is 0 Å². The van der Waals surface area contributed by atoms with E-state index in [1.165, 1.54) is 17.5 Å². The smallest absolute Gasteiger partial charge is 0.236 e. The highest BCUT2D eigenvalue weighted by molar-refractivity contribution is 7.99. The van der Waals surface area contributed by atoms with Crippen LogP contribution in [0.1, 0.15) is 35.4 Å². The van der Waals surface area contributed by atoms with E-state index in [1.807, 2.05) is 50.7 Å². The van der Waals surface area contributed by atoms with Crippen LogP contribution in [0, 0.1) is 5.82 Å². The van der Waals surface area contributed by atoms with Gasteiger partial charge in [0.15, 0.2) is 0 Å². The summed E-state index contributed by atoms with van der Waals surface area (Å²) >= 11 is 1.59. The van der Waals surface area contributed by atoms with E-state index in [-0.39, 0.29) is 11.7 Å². The number of hydrogen-bond acceptors (Lipinski definition) is 6. The van der Waals surface area contributed by atoms with Crippen molar-refractivity contribution in [2.24, 2.45) is 0 Å². The summed E-state index contributed by atoms with van der Waals surface area (Å²) in [5.74, 6) is 0.434. The quantitative estimate of drug-likeness (QED) is 0.219. The molecular formula is C31H34FN3O3S2. The molecule has 1 fully saturated rings. The summed E-state index contributed by atoms with van der Waals surface area (Å²) in [5, 5.41) is 5.54. The van der Waals surface area contributed by atoms with E-state index in [0.717, 1.165) is 51.8 Å². The largest absolute Gasteiger partial charge is 0.456 e. The van der Waals surface area contributed by atoms with Gasteiger partial charge < -0.3 is 14.0 Å². The van der Waals surface area contributed by atoms with Gasteiger partial charge in [0.1, 0.15) is 17.2 Å². The Kier molecular flexibility index (Phi) is 8.65. The molecule has 3 aromatic carbocycles. The van der Waals surface area contributed by atoms with E-state index in [1.54, 1.807) is 34.5 Å². The number of piperidine rings is 1. The first kappa shape index (κ1) is 28.4. The highest BCUT2D eigenvalue weighted by Gasteiger charge is 2.31. The monoisotopic (exact) mass is 579 g/mol. The number of benzene rings is 3. The van der Waals surface area contributed by atoms with Crippen molar-refractivity contribution in [1.82, 2.24) is 9.62 Å². The maximum absolute atomic E-state index is 13.6. The van der Waals surface area contributed by atoms with Gasteiger partial charge in [0.25, 0.3) is 0 Å². The molecule has 1 unspecified atom stereocenters. The van der Waals surface area contributed by atoms with Gasteiger partial charge in [-0.15, -0.1) is 0 Å². The average Bonchev–Trinajstić information content (AvgIpc) is 3.33. The molecule has 5 rings (SSSR count). The fourth-order valence-electron chi connectivity index (χ4n) is 5.33. The minimum absolute atomic E-state index is 0.0225. The van der Waals surface area contributed by atoms with Gasteiger partial charge in [0, 0.05) is 60.9 Å². The molecule has 1 aromatic heterocycles. The maximum atomic E-state index is 13.6. The number of rotatable bonds is 9. The standard InChI is InChI=1S/C31H34FN3O3S2/c1-33-20-28-27-18-26(24-10-7-16-35(21-24)40(36,37)17-15-22-8-5-4-6-9-22)29(34(2)39-3)19-30(27)38-31(28)23-11-13-25(32)14-12-23/h4-6,8-9,11-15,17-19,24,33H,7,10,16,20-21H2,1-3H3. The Hall–Kier alpha value is -3.11. The molecule has 9 heteroatoms. The van der Waals surface area contributed by atoms with Crippen molar-refractivity contribution in [3.63, 3.8) is 0 Å². The maximum Gasteiger partial charge on any atom is 0.236 e. The molecule has 4 aromatic rings. The molecule has 2 heterocycles. The second-order valence-corrected chi connectivity index (χ2v) is 12.7. The fourth-order valence-corrected chi connectivity index (χ4v) is 6.95. The van der Waals surface area contributed by atoms with Crippen molar-refractivity contribution in [2.45, 2.75) is 25.3 Å². The molecule has 210 valence electrons. The van der Waals surface area contributed by atoms with Crippen molar-refractivity contribution in [3.8, 4) is 11.3 Å². The van der Waals surface area contributed by atoms with Gasteiger partial charge in [-0.25, -0.2) is 12.8 Å². The van der Waals surface area contributed by atoms with E-state index in [2.05, 4.69) is 21.8 Å². The lowest BCUT2D eigenvalue weighted by molar-refractivity contribution is 0.319. The summed E-state index contributed by atoms with van der Waals surface area (Å²) in [5.41, 5.74) is 5.50. The second-order valence-electron chi connectivity index (χ2n) is 9.99. The van der Waals surface area contributed by atoms with Crippen molar-refractivity contribution in [3.05, 3.63) is 94.6 Å². The number of anilines is 1. The Labute approximate surface area is 240 Å². The summed E-state index contributed by atoms with van der Waals surface area (Å²) in [6.07, 6.45) is 5.33. The molecule has 40 heavy (non-hydrogen) atoms. The van der Waals surface area contributed by atoms with Crippen LogP contribution in [-0.4, -0.2) is 46.2 Å². The molecule has 1 N–H and O–H groups in total. The molecule has 1 saturated heterocycles. The molecule has 0 saturated carbocycles. The fraction of sp³-hybridized carbons (Fsp3) is 0.290. The molecule has 0 radical (unpaired) electrons. The number of nitrogens with zero attached hydrogens (tertiary/aromatic N) is 2. The number of nitrogens with one attached hydrogen (secondary N) is 1. The molecule has 1 aliphatic rings. The molecule has 6 nitrogen and oxygen atoms in total. The molecule has 0 spiro atoms. The van der Waals surface area contributed by atoms with E-state index in [4.69, 9.17) is 4.42 Å². The van der Waals surface area contributed by atoms with Crippen LogP contribution in [-0.2, 0) is 16.6 Å². The third kappa shape index (κ3) is 5.98. The lowest BCUT2D eigenvalue weighted by atomic mass is 9.89. The Morgan fingerprint density at radius 1 is 1.15 bits per heavy atom. The first-order valence-corrected chi connectivity index (χ1v) is 16.0. The van der Waals surface area contributed by atoms with Gasteiger partial charge >= 0.3 is 0 Å².